The first-order valence-corrected chi connectivity index (χ1v) is 9.22. The van der Waals surface area contributed by atoms with Gasteiger partial charge in [-0.25, -0.2) is 0 Å². The lowest BCUT2D eigenvalue weighted by Crippen LogP contribution is -2.55. The van der Waals surface area contributed by atoms with Crippen molar-refractivity contribution >= 4 is 17.6 Å². The summed E-state index contributed by atoms with van der Waals surface area (Å²) in [7, 11) is 0. The number of rotatable bonds is 7. The third-order valence-corrected chi connectivity index (χ3v) is 4.82. The number of carbonyl (C=O) groups is 2. The highest BCUT2D eigenvalue weighted by molar-refractivity contribution is 6.04. The molecule has 0 saturated heterocycles. The Bertz CT molecular complexity index is 734. The molecule has 0 atom stereocenters. The van der Waals surface area contributed by atoms with Gasteiger partial charge in [-0.05, 0) is 69.1 Å². The van der Waals surface area contributed by atoms with Crippen molar-refractivity contribution in [2.24, 2.45) is 5.92 Å². The van der Waals surface area contributed by atoms with Gasteiger partial charge in [0, 0.05) is 12.5 Å². The fourth-order valence-electron chi connectivity index (χ4n) is 2.78. The second-order valence-electron chi connectivity index (χ2n) is 7.92. The molecule has 0 bridgehead atoms. The van der Waals surface area contributed by atoms with E-state index < -0.39 is 5.54 Å². The maximum atomic E-state index is 12.7. The predicted octanol–water partition coefficient (Wildman–Crippen LogP) is 2.97. The van der Waals surface area contributed by atoms with Crippen LogP contribution in [-0.4, -0.2) is 29.8 Å². The van der Waals surface area contributed by atoms with Crippen LogP contribution in [0.1, 0.15) is 68.3 Å². The minimum atomic E-state index is -0.979. The van der Waals surface area contributed by atoms with Gasteiger partial charge in [0.15, 0.2) is 0 Å². The van der Waals surface area contributed by atoms with Crippen LogP contribution < -0.4 is 15.4 Å². The van der Waals surface area contributed by atoms with Gasteiger partial charge in [-0.2, -0.15) is 0 Å². The van der Waals surface area contributed by atoms with Crippen molar-refractivity contribution in [2.75, 3.05) is 6.61 Å². The van der Waals surface area contributed by atoms with Crippen LogP contribution in [0.5, 0.6) is 5.75 Å². The van der Waals surface area contributed by atoms with Crippen molar-refractivity contribution < 1.29 is 14.3 Å². The molecule has 1 aromatic carbocycles. The van der Waals surface area contributed by atoms with Crippen molar-refractivity contribution in [2.45, 2.75) is 57.9 Å². The number of amides is 2. The van der Waals surface area contributed by atoms with E-state index in [4.69, 9.17) is 10.1 Å². The van der Waals surface area contributed by atoms with Gasteiger partial charge in [0.2, 0.25) is 5.91 Å². The van der Waals surface area contributed by atoms with Gasteiger partial charge in [0.05, 0.1) is 12.1 Å². The highest BCUT2D eigenvalue weighted by atomic mass is 16.5. The Hall–Kier alpha value is -2.37. The third kappa shape index (κ3) is 4.62. The number of carbonyl (C=O) groups excluding carboxylic acids is 2. The third-order valence-electron chi connectivity index (χ3n) is 4.82. The summed E-state index contributed by atoms with van der Waals surface area (Å²) in [6.07, 6.45) is 4.79. The van der Waals surface area contributed by atoms with E-state index in [9.17, 15) is 9.59 Å². The van der Waals surface area contributed by atoms with E-state index >= 15 is 0 Å². The lowest BCUT2D eigenvalue weighted by molar-refractivity contribution is -0.117. The summed E-state index contributed by atoms with van der Waals surface area (Å²) in [6, 6.07) is 5.61. The quantitative estimate of drug-likeness (QED) is 0.517. The fourth-order valence-corrected chi connectivity index (χ4v) is 2.78. The van der Waals surface area contributed by atoms with Crippen LogP contribution in [0.3, 0.4) is 0 Å². The maximum absolute atomic E-state index is 12.7. The van der Waals surface area contributed by atoms with Gasteiger partial charge >= 0.3 is 0 Å². The monoisotopic (exact) mass is 357 g/mol. The molecule has 6 nitrogen and oxygen atoms in total. The van der Waals surface area contributed by atoms with Crippen LogP contribution in [0.25, 0.3) is 0 Å². The Labute approximate surface area is 154 Å². The number of ether oxygens (including phenoxy) is 1. The average Bonchev–Trinajstić information content (AvgIpc) is 3.45. The molecule has 26 heavy (non-hydrogen) atoms. The van der Waals surface area contributed by atoms with Crippen LogP contribution in [0, 0.1) is 11.3 Å². The molecule has 2 fully saturated rings. The number of hydrogen-bond donors (Lipinski definition) is 3. The first-order valence-electron chi connectivity index (χ1n) is 9.22. The standard InChI is InChI=1S/C20H27N3O3/c1-12(24)22-19(21)20(2,3)23-18(25)15-8-9-16(14-6-7-14)17(10-15)26-11-13-4-5-13/h8-10,13-14H,4-7,11H2,1-3H3,(H,23,25)(H2,21,22,24). The van der Waals surface area contributed by atoms with E-state index in [1.807, 2.05) is 18.2 Å². The first-order chi connectivity index (χ1) is 12.3. The van der Waals surface area contributed by atoms with Gasteiger partial charge in [-0.3, -0.25) is 15.0 Å². The first kappa shape index (κ1) is 18.4. The number of hydrogen-bond acceptors (Lipinski definition) is 4. The van der Waals surface area contributed by atoms with Crippen LogP contribution in [0.15, 0.2) is 18.2 Å². The van der Waals surface area contributed by atoms with Crippen LogP contribution in [0.4, 0.5) is 0 Å². The predicted molar refractivity (Wildman–Crippen MR) is 99.7 cm³/mol. The smallest absolute Gasteiger partial charge is 0.252 e. The van der Waals surface area contributed by atoms with Crippen LogP contribution in [-0.2, 0) is 4.79 Å². The largest absolute Gasteiger partial charge is 0.493 e. The zero-order valence-electron chi connectivity index (χ0n) is 15.6. The van der Waals surface area contributed by atoms with E-state index in [0.29, 0.717) is 24.0 Å². The van der Waals surface area contributed by atoms with E-state index in [0.717, 1.165) is 5.75 Å². The Kier molecular flexibility index (Phi) is 5.03. The minimum absolute atomic E-state index is 0.0434. The van der Waals surface area contributed by atoms with Crippen LogP contribution in [0.2, 0.25) is 0 Å². The molecule has 0 aromatic heterocycles. The maximum Gasteiger partial charge on any atom is 0.252 e. The molecular formula is C20H27N3O3. The molecule has 6 heteroatoms. The molecule has 1 aromatic rings. The van der Waals surface area contributed by atoms with Crippen molar-refractivity contribution in [3.63, 3.8) is 0 Å². The summed E-state index contributed by atoms with van der Waals surface area (Å²) in [5.74, 6) is 1.34. The van der Waals surface area contributed by atoms with E-state index in [2.05, 4.69) is 10.6 Å². The molecule has 0 heterocycles. The summed E-state index contributed by atoms with van der Waals surface area (Å²) < 4.78 is 6.00. The molecule has 3 rings (SSSR count). The Morgan fingerprint density at radius 3 is 2.50 bits per heavy atom. The highest BCUT2D eigenvalue weighted by Crippen LogP contribution is 2.45. The van der Waals surface area contributed by atoms with Gasteiger partial charge < -0.3 is 15.4 Å². The van der Waals surface area contributed by atoms with Crippen molar-refractivity contribution in [1.29, 1.82) is 5.41 Å². The Balaban J connectivity index is 1.72. The van der Waals surface area contributed by atoms with Crippen molar-refractivity contribution in [3.8, 4) is 5.75 Å². The number of nitrogens with one attached hydrogen (secondary N) is 3. The van der Waals surface area contributed by atoms with Crippen molar-refractivity contribution in [1.82, 2.24) is 10.6 Å². The van der Waals surface area contributed by atoms with Gasteiger partial charge in [0.25, 0.3) is 5.91 Å². The zero-order valence-corrected chi connectivity index (χ0v) is 15.6. The molecule has 3 N–H and O–H groups in total. The van der Waals surface area contributed by atoms with E-state index in [-0.39, 0.29) is 17.6 Å². The second-order valence-corrected chi connectivity index (χ2v) is 7.92. The summed E-state index contributed by atoms with van der Waals surface area (Å²) in [4.78, 5) is 23.8. The van der Waals surface area contributed by atoms with Gasteiger partial charge in [-0.1, -0.05) is 6.07 Å². The summed E-state index contributed by atoms with van der Waals surface area (Å²) in [6.45, 7) is 5.43. The molecule has 2 aliphatic carbocycles. The van der Waals surface area contributed by atoms with Gasteiger partial charge in [-0.15, -0.1) is 0 Å². The molecule has 0 unspecified atom stereocenters. The van der Waals surface area contributed by atoms with Crippen LogP contribution >= 0.6 is 0 Å². The molecule has 0 radical (unpaired) electrons. The normalized spacial score (nSPS) is 16.7. The van der Waals surface area contributed by atoms with Crippen molar-refractivity contribution in [3.05, 3.63) is 29.3 Å². The lowest BCUT2D eigenvalue weighted by Gasteiger charge is -2.27. The SMILES string of the molecule is CC(=O)NC(=N)C(C)(C)NC(=O)c1ccc(C2CC2)c(OCC2CC2)c1. The van der Waals surface area contributed by atoms with E-state index in [1.165, 1.54) is 38.2 Å². The molecule has 2 aliphatic rings. The summed E-state index contributed by atoms with van der Waals surface area (Å²) in [5.41, 5.74) is 0.712. The Morgan fingerprint density at radius 1 is 1.23 bits per heavy atom. The highest BCUT2D eigenvalue weighted by Gasteiger charge is 2.30. The minimum Gasteiger partial charge on any atom is -0.493 e. The van der Waals surface area contributed by atoms with Gasteiger partial charge in [0.1, 0.15) is 11.6 Å². The fraction of sp³-hybridized carbons (Fsp3) is 0.550. The molecule has 0 aliphatic heterocycles. The second kappa shape index (κ2) is 7.09. The molecule has 2 amide bonds. The topological polar surface area (TPSA) is 91.3 Å². The molecule has 2 saturated carbocycles. The zero-order chi connectivity index (χ0) is 18.9. The molecule has 140 valence electrons. The number of amidine groups is 1. The summed E-state index contributed by atoms with van der Waals surface area (Å²) in [5, 5.41) is 13.2. The average molecular weight is 357 g/mol. The lowest BCUT2D eigenvalue weighted by atomic mass is 10.0. The van der Waals surface area contributed by atoms with E-state index in [1.54, 1.807) is 13.8 Å². The Morgan fingerprint density at radius 2 is 1.92 bits per heavy atom. The number of benzene rings is 1. The molecule has 0 spiro atoms. The summed E-state index contributed by atoms with van der Waals surface area (Å²) >= 11 is 0. The molecular weight excluding hydrogens is 330 g/mol.